The highest BCUT2D eigenvalue weighted by atomic mass is 35.5. The number of hydrogen-bond acceptors (Lipinski definition) is 2. The molecule has 3 nitrogen and oxygen atoms in total. The van der Waals surface area contributed by atoms with Crippen LogP contribution in [0.2, 0.25) is 5.02 Å². The standard InChI is InChI=1S/C11H15ClN2O.ClH/c1-8(7-13)14(2)11(15)9-4-3-5-10(12)6-9;/h3-6,8H,7,13H2,1-2H3;1H. The van der Waals surface area contributed by atoms with Crippen molar-refractivity contribution in [3.05, 3.63) is 34.9 Å². The van der Waals surface area contributed by atoms with Crippen molar-refractivity contribution in [1.82, 2.24) is 4.90 Å². The van der Waals surface area contributed by atoms with E-state index in [-0.39, 0.29) is 24.4 Å². The smallest absolute Gasteiger partial charge is 0.253 e. The fraction of sp³-hybridized carbons (Fsp3) is 0.364. The first-order chi connectivity index (χ1) is 7.06. The number of amides is 1. The largest absolute Gasteiger partial charge is 0.338 e. The van der Waals surface area contributed by atoms with Crippen molar-refractivity contribution < 1.29 is 4.79 Å². The summed E-state index contributed by atoms with van der Waals surface area (Å²) in [7, 11) is 1.74. The van der Waals surface area contributed by atoms with E-state index in [1.54, 1.807) is 36.2 Å². The number of benzene rings is 1. The van der Waals surface area contributed by atoms with Crippen molar-refractivity contribution in [2.75, 3.05) is 13.6 Å². The zero-order valence-corrected chi connectivity index (χ0v) is 10.9. The van der Waals surface area contributed by atoms with Gasteiger partial charge in [0.1, 0.15) is 0 Å². The fourth-order valence-electron chi connectivity index (χ4n) is 1.18. The van der Waals surface area contributed by atoms with Gasteiger partial charge in [-0.25, -0.2) is 0 Å². The number of halogens is 2. The van der Waals surface area contributed by atoms with Crippen LogP contribution in [0.3, 0.4) is 0 Å². The summed E-state index contributed by atoms with van der Waals surface area (Å²) in [5.74, 6) is -0.0598. The molecule has 1 rings (SSSR count). The van der Waals surface area contributed by atoms with E-state index < -0.39 is 0 Å². The van der Waals surface area contributed by atoms with Crippen LogP contribution in [0.15, 0.2) is 24.3 Å². The average molecular weight is 263 g/mol. The zero-order valence-electron chi connectivity index (χ0n) is 9.31. The van der Waals surface area contributed by atoms with Gasteiger partial charge < -0.3 is 10.6 Å². The molecule has 0 saturated carbocycles. The van der Waals surface area contributed by atoms with Crippen molar-refractivity contribution in [3.63, 3.8) is 0 Å². The van der Waals surface area contributed by atoms with Crippen LogP contribution in [-0.2, 0) is 0 Å². The summed E-state index contributed by atoms with van der Waals surface area (Å²) in [4.78, 5) is 13.5. The summed E-state index contributed by atoms with van der Waals surface area (Å²) in [5, 5.41) is 0.564. The first-order valence-electron chi connectivity index (χ1n) is 4.79. The summed E-state index contributed by atoms with van der Waals surface area (Å²) in [6.45, 7) is 2.35. The Balaban J connectivity index is 0.00000225. The lowest BCUT2D eigenvalue weighted by molar-refractivity contribution is 0.0748. The number of nitrogens with zero attached hydrogens (tertiary/aromatic N) is 1. The Hall–Kier alpha value is -0.770. The van der Waals surface area contributed by atoms with Crippen LogP contribution in [0.5, 0.6) is 0 Å². The molecule has 0 aliphatic carbocycles. The predicted octanol–water partition coefficient (Wildman–Crippen LogP) is 2.18. The van der Waals surface area contributed by atoms with Crippen LogP contribution in [0, 0.1) is 0 Å². The number of likely N-dealkylation sites (N-methyl/N-ethyl adjacent to an activating group) is 1. The monoisotopic (exact) mass is 262 g/mol. The van der Waals surface area contributed by atoms with Gasteiger partial charge in [-0.2, -0.15) is 0 Å². The topological polar surface area (TPSA) is 46.3 Å². The Morgan fingerprint density at radius 3 is 2.69 bits per heavy atom. The van der Waals surface area contributed by atoms with E-state index in [0.29, 0.717) is 17.1 Å². The molecule has 0 aliphatic rings. The van der Waals surface area contributed by atoms with Gasteiger partial charge in [-0.1, -0.05) is 17.7 Å². The molecule has 0 radical (unpaired) electrons. The Morgan fingerprint density at radius 1 is 1.56 bits per heavy atom. The molecule has 0 spiro atoms. The highest BCUT2D eigenvalue weighted by Gasteiger charge is 2.16. The quantitative estimate of drug-likeness (QED) is 0.908. The third kappa shape index (κ3) is 3.67. The van der Waals surface area contributed by atoms with Gasteiger partial charge in [0.25, 0.3) is 5.91 Å². The lowest BCUT2D eigenvalue weighted by atomic mass is 10.2. The molecule has 1 unspecified atom stereocenters. The molecular weight excluding hydrogens is 247 g/mol. The Kier molecular flexibility index (Phi) is 6.41. The second-order valence-corrected chi connectivity index (χ2v) is 3.95. The molecule has 16 heavy (non-hydrogen) atoms. The van der Waals surface area contributed by atoms with Crippen LogP contribution in [-0.4, -0.2) is 30.4 Å². The number of nitrogens with two attached hydrogens (primary N) is 1. The van der Waals surface area contributed by atoms with E-state index in [4.69, 9.17) is 17.3 Å². The van der Waals surface area contributed by atoms with E-state index in [2.05, 4.69) is 0 Å². The van der Waals surface area contributed by atoms with Gasteiger partial charge in [0.15, 0.2) is 0 Å². The molecule has 2 N–H and O–H groups in total. The molecule has 0 fully saturated rings. The lowest BCUT2D eigenvalue weighted by Crippen LogP contribution is -2.39. The van der Waals surface area contributed by atoms with Gasteiger partial charge in [0, 0.05) is 30.2 Å². The molecule has 0 saturated heterocycles. The van der Waals surface area contributed by atoms with Crippen molar-refractivity contribution in [3.8, 4) is 0 Å². The van der Waals surface area contributed by atoms with E-state index in [1.807, 2.05) is 6.92 Å². The van der Waals surface area contributed by atoms with Crippen molar-refractivity contribution in [1.29, 1.82) is 0 Å². The molecular formula is C11H16Cl2N2O. The van der Waals surface area contributed by atoms with Crippen LogP contribution >= 0.6 is 24.0 Å². The maximum atomic E-state index is 11.9. The second-order valence-electron chi connectivity index (χ2n) is 3.51. The first-order valence-corrected chi connectivity index (χ1v) is 5.17. The number of carbonyl (C=O) groups excluding carboxylic acids is 1. The Bertz CT molecular complexity index is 358. The highest BCUT2D eigenvalue weighted by molar-refractivity contribution is 6.30. The number of carbonyl (C=O) groups is 1. The maximum absolute atomic E-state index is 11.9. The molecule has 1 aromatic carbocycles. The highest BCUT2D eigenvalue weighted by Crippen LogP contribution is 2.13. The van der Waals surface area contributed by atoms with Gasteiger partial charge in [-0.05, 0) is 25.1 Å². The third-order valence-corrected chi connectivity index (χ3v) is 2.63. The predicted molar refractivity (Wildman–Crippen MR) is 69.3 cm³/mol. The Labute approximate surface area is 107 Å². The van der Waals surface area contributed by atoms with Crippen molar-refractivity contribution >= 4 is 29.9 Å². The lowest BCUT2D eigenvalue weighted by Gasteiger charge is -2.23. The van der Waals surface area contributed by atoms with Crippen molar-refractivity contribution in [2.24, 2.45) is 5.73 Å². The SMILES string of the molecule is CC(CN)N(C)C(=O)c1cccc(Cl)c1.Cl. The summed E-state index contributed by atoms with van der Waals surface area (Å²) in [6, 6.07) is 6.93. The second kappa shape index (κ2) is 6.74. The molecule has 0 aromatic heterocycles. The molecule has 0 heterocycles. The first kappa shape index (κ1) is 15.2. The normalized spacial score (nSPS) is 11.5. The summed E-state index contributed by atoms with van der Waals surface area (Å²) >= 11 is 5.81. The number of hydrogen-bond donors (Lipinski definition) is 1. The van der Waals surface area contributed by atoms with Gasteiger partial charge in [-0.15, -0.1) is 12.4 Å². The van der Waals surface area contributed by atoms with Gasteiger partial charge in [0.2, 0.25) is 0 Å². The molecule has 0 bridgehead atoms. The Morgan fingerprint density at radius 2 is 2.19 bits per heavy atom. The molecule has 1 aromatic rings. The molecule has 1 amide bonds. The van der Waals surface area contributed by atoms with Gasteiger partial charge in [0.05, 0.1) is 0 Å². The zero-order chi connectivity index (χ0) is 11.4. The van der Waals surface area contributed by atoms with Crippen molar-refractivity contribution in [2.45, 2.75) is 13.0 Å². The molecule has 90 valence electrons. The van der Waals surface area contributed by atoms with Crippen LogP contribution in [0.25, 0.3) is 0 Å². The van der Waals surface area contributed by atoms with Crippen LogP contribution in [0.1, 0.15) is 17.3 Å². The van der Waals surface area contributed by atoms with Crippen LogP contribution in [0.4, 0.5) is 0 Å². The minimum absolute atomic E-state index is 0. The molecule has 1 atom stereocenters. The third-order valence-electron chi connectivity index (χ3n) is 2.39. The summed E-state index contributed by atoms with van der Waals surface area (Å²) < 4.78 is 0. The van der Waals surface area contributed by atoms with Gasteiger partial charge >= 0.3 is 0 Å². The van der Waals surface area contributed by atoms with Crippen LogP contribution < -0.4 is 5.73 Å². The average Bonchev–Trinajstić information content (AvgIpc) is 2.26. The van der Waals surface area contributed by atoms with E-state index in [9.17, 15) is 4.79 Å². The van der Waals surface area contributed by atoms with E-state index in [0.717, 1.165) is 0 Å². The van der Waals surface area contributed by atoms with Gasteiger partial charge in [-0.3, -0.25) is 4.79 Å². The molecule has 5 heteroatoms. The minimum atomic E-state index is -0.0598. The fourth-order valence-corrected chi connectivity index (χ4v) is 1.37. The summed E-state index contributed by atoms with van der Waals surface area (Å²) in [5.41, 5.74) is 6.09. The maximum Gasteiger partial charge on any atom is 0.253 e. The molecule has 0 aliphatic heterocycles. The van der Waals surface area contributed by atoms with E-state index in [1.165, 1.54) is 0 Å². The summed E-state index contributed by atoms with van der Waals surface area (Å²) in [6.07, 6.45) is 0. The van der Waals surface area contributed by atoms with E-state index >= 15 is 0 Å². The minimum Gasteiger partial charge on any atom is -0.338 e. The number of rotatable bonds is 3.